The first-order valence-corrected chi connectivity index (χ1v) is 11.1. The fraction of sp³-hybridized carbons (Fsp3) is 0.231. The molecule has 1 atom stereocenters. The summed E-state index contributed by atoms with van der Waals surface area (Å²) in [5.41, 5.74) is 4.86. The Balaban J connectivity index is 1.63. The minimum atomic E-state index is 0.00668. The van der Waals surface area contributed by atoms with Gasteiger partial charge in [0, 0.05) is 28.4 Å². The highest BCUT2D eigenvalue weighted by molar-refractivity contribution is 6.31. The van der Waals surface area contributed by atoms with E-state index < -0.39 is 0 Å². The van der Waals surface area contributed by atoms with E-state index in [0.717, 1.165) is 23.1 Å². The number of rotatable bonds is 7. The maximum absolute atomic E-state index is 10.4. The molecule has 3 aromatic carbocycles. The van der Waals surface area contributed by atoms with Crippen molar-refractivity contribution >= 4 is 34.6 Å². The van der Waals surface area contributed by atoms with Crippen LogP contribution in [0, 0.1) is 0 Å². The van der Waals surface area contributed by atoms with Gasteiger partial charge in [0.1, 0.15) is 5.52 Å². The van der Waals surface area contributed by atoms with Gasteiger partial charge in [0.2, 0.25) is 5.89 Å². The van der Waals surface area contributed by atoms with Gasteiger partial charge in [-0.3, -0.25) is 4.99 Å². The lowest BCUT2D eigenvalue weighted by molar-refractivity contribution is 0.318. The molecular weight excluding hydrogens is 424 g/mol. The first-order valence-electron chi connectivity index (χ1n) is 10.7. The van der Waals surface area contributed by atoms with Crippen LogP contribution in [0.4, 0.5) is 5.69 Å². The van der Waals surface area contributed by atoms with E-state index in [-0.39, 0.29) is 5.75 Å². The summed E-state index contributed by atoms with van der Waals surface area (Å²) in [6.07, 6.45) is 2.64. The standard InChI is InChI=1S/C26H25ClN2O3/c1-4-16(3)17-9-10-23-22(13-17)29-26(32-23)18-7-6-8-21(12-18)28-15-19-11-20(27)14-24(25(19)30)31-5-2/h6-16,30H,4-5H2,1-3H3. The Morgan fingerprint density at radius 3 is 2.78 bits per heavy atom. The third kappa shape index (κ3) is 4.63. The van der Waals surface area contributed by atoms with E-state index in [1.807, 2.05) is 37.3 Å². The average Bonchev–Trinajstić information content (AvgIpc) is 3.23. The fourth-order valence-electron chi connectivity index (χ4n) is 3.43. The second-order valence-electron chi connectivity index (χ2n) is 7.64. The fourth-order valence-corrected chi connectivity index (χ4v) is 3.65. The second-order valence-corrected chi connectivity index (χ2v) is 8.08. The van der Waals surface area contributed by atoms with E-state index in [0.29, 0.717) is 40.4 Å². The van der Waals surface area contributed by atoms with Gasteiger partial charge < -0.3 is 14.3 Å². The first-order chi connectivity index (χ1) is 15.5. The average molecular weight is 449 g/mol. The lowest BCUT2D eigenvalue weighted by Crippen LogP contribution is -1.94. The number of benzene rings is 3. The zero-order chi connectivity index (χ0) is 22.7. The van der Waals surface area contributed by atoms with E-state index in [2.05, 4.69) is 36.0 Å². The molecule has 32 heavy (non-hydrogen) atoms. The Labute approximate surface area is 192 Å². The Kier molecular flexibility index (Phi) is 6.47. The number of aliphatic imine (C=N–C) groups is 1. The highest BCUT2D eigenvalue weighted by Gasteiger charge is 2.12. The second kappa shape index (κ2) is 9.45. The van der Waals surface area contributed by atoms with Crippen molar-refractivity contribution in [2.24, 2.45) is 4.99 Å². The van der Waals surface area contributed by atoms with Gasteiger partial charge >= 0.3 is 0 Å². The van der Waals surface area contributed by atoms with Gasteiger partial charge in [-0.05, 0) is 61.2 Å². The molecule has 1 aromatic heterocycles. The van der Waals surface area contributed by atoms with Crippen LogP contribution >= 0.6 is 11.6 Å². The minimum Gasteiger partial charge on any atom is -0.504 e. The Morgan fingerprint density at radius 1 is 1.16 bits per heavy atom. The molecule has 0 radical (unpaired) electrons. The maximum atomic E-state index is 10.4. The monoisotopic (exact) mass is 448 g/mol. The quantitative estimate of drug-likeness (QED) is 0.297. The molecule has 0 spiro atoms. The predicted octanol–water partition coefficient (Wildman–Crippen LogP) is 7.52. The molecule has 4 aromatic rings. The van der Waals surface area contributed by atoms with Crippen LogP contribution in [-0.2, 0) is 0 Å². The summed E-state index contributed by atoms with van der Waals surface area (Å²) in [4.78, 5) is 9.18. The largest absolute Gasteiger partial charge is 0.504 e. The Hall–Kier alpha value is -3.31. The molecule has 0 aliphatic rings. The van der Waals surface area contributed by atoms with Crippen molar-refractivity contribution in [3.05, 3.63) is 70.7 Å². The van der Waals surface area contributed by atoms with Crippen molar-refractivity contribution in [1.29, 1.82) is 0 Å². The molecule has 164 valence electrons. The van der Waals surface area contributed by atoms with E-state index >= 15 is 0 Å². The van der Waals surface area contributed by atoms with Crippen molar-refractivity contribution in [3.8, 4) is 23.0 Å². The van der Waals surface area contributed by atoms with Crippen LogP contribution in [0.25, 0.3) is 22.6 Å². The molecule has 1 heterocycles. The number of oxazole rings is 1. The maximum Gasteiger partial charge on any atom is 0.227 e. The van der Waals surface area contributed by atoms with Gasteiger partial charge in [-0.25, -0.2) is 4.98 Å². The van der Waals surface area contributed by atoms with Gasteiger partial charge in [-0.2, -0.15) is 0 Å². The zero-order valence-corrected chi connectivity index (χ0v) is 19.1. The molecule has 0 amide bonds. The normalized spacial score (nSPS) is 12.5. The molecule has 4 rings (SSSR count). The number of fused-ring (bicyclic) bond motifs is 1. The Morgan fingerprint density at radius 2 is 2.00 bits per heavy atom. The van der Waals surface area contributed by atoms with Crippen molar-refractivity contribution in [2.75, 3.05) is 6.61 Å². The number of phenols is 1. The molecule has 0 fully saturated rings. The lowest BCUT2D eigenvalue weighted by atomic mass is 9.98. The topological polar surface area (TPSA) is 67.9 Å². The third-order valence-corrected chi connectivity index (χ3v) is 5.63. The molecule has 0 aliphatic carbocycles. The predicted molar refractivity (Wildman–Crippen MR) is 130 cm³/mol. The highest BCUT2D eigenvalue weighted by atomic mass is 35.5. The summed E-state index contributed by atoms with van der Waals surface area (Å²) in [5.74, 6) is 1.36. The highest BCUT2D eigenvalue weighted by Crippen LogP contribution is 2.34. The molecule has 6 heteroatoms. The summed E-state index contributed by atoms with van der Waals surface area (Å²) in [5, 5.41) is 10.9. The number of nitrogens with zero attached hydrogens (tertiary/aromatic N) is 2. The van der Waals surface area contributed by atoms with E-state index in [1.165, 1.54) is 5.56 Å². The molecule has 1 N–H and O–H groups in total. The zero-order valence-electron chi connectivity index (χ0n) is 18.3. The lowest BCUT2D eigenvalue weighted by Gasteiger charge is -2.08. The molecular formula is C26H25ClN2O3. The smallest absolute Gasteiger partial charge is 0.227 e. The minimum absolute atomic E-state index is 0.00668. The Bertz CT molecular complexity index is 1280. The van der Waals surface area contributed by atoms with Gasteiger partial charge in [-0.1, -0.05) is 37.6 Å². The van der Waals surface area contributed by atoms with Crippen LogP contribution in [0.1, 0.15) is 44.2 Å². The number of aromatic hydroxyl groups is 1. The summed E-state index contributed by atoms with van der Waals surface area (Å²) in [6, 6.07) is 17.0. The van der Waals surface area contributed by atoms with Gasteiger partial charge in [0.25, 0.3) is 0 Å². The van der Waals surface area contributed by atoms with E-state index in [1.54, 1.807) is 18.3 Å². The third-order valence-electron chi connectivity index (χ3n) is 5.41. The van der Waals surface area contributed by atoms with Crippen LogP contribution in [-0.4, -0.2) is 22.9 Å². The molecule has 5 nitrogen and oxygen atoms in total. The molecule has 0 saturated carbocycles. The van der Waals surface area contributed by atoms with Gasteiger partial charge in [0.05, 0.1) is 12.3 Å². The SMILES string of the molecule is CCOc1cc(Cl)cc(C=Nc2cccc(-c3nc4cc(C(C)CC)ccc4o3)c2)c1O. The van der Waals surface area contributed by atoms with E-state index in [9.17, 15) is 5.11 Å². The van der Waals surface area contributed by atoms with Crippen molar-refractivity contribution < 1.29 is 14.3 Å². The molecule has 0 bridgehead atoms. The van der Waals surface area contributed by atoms with Gasteiger partial charge in [-0.15, -0.1) is 0 Å². The summed E-state index contributed by atoms with van der Waals surface area (Å²) >= 11 is 6.15. The number of halogens is 1. The molecule has 1 unspecified atom stereocenters. The number of ether oxygens (including phenoxy) is 1. The van der Waals surface area contributed by atoms with Crippen molar-refractivity contribution in [2.45, 2.75) is 33.1 Å². The van der Waals surface area contributed by atoms with Crippen LogP contribution in [0.5, 0.6) is 11.5 Å². The summed E-state index contributed by atoms with van der Waals surface area (Å²) in [6.45, 7) is 6.65. The number of hydrogen-bond acceptors (Lipinski definition) is 5. The van der Waals surface area contributed by atoms with E-state index in [4.69, 9.17) is 20.8 Å². The number of phenolic OH excluding ortho intramolecular Hbond substituents is 1. The van der Waals surface area contributed by atoms with Crippen LogP contribution < -0.4 is 4.74 Å². The van der Waals surface area contributed by atoms with Crippen LogP contribution in [0.2, 0.25) is 5.02 Å². The molecule has 0 saturated heterocycles. The summed E-state index contributed by atoms with van der Waals surface area (Å²) < 4.78 is 11.4. The van der Waals surface area contributed by atoms with Crippen LogP contribution in [0.3, 0.4) is 0 Å². The number of aromatic nitrogens is 1. The first kappa shape index (κ1) is 21.9. The molecule has 0 aliphatic heterocycles. The summed E-state index contributed by atoms with van der Waals surface area (Å²) in [7, 11) is 0. The number of hydrogen-bond donors (Lipinski definition) is 1. The van der Waals surface area contributed by atoms with Crippen LogP contribution in [0.15, 0.2) is 64.0 Å². The van der Waals surface area contributed by atoms with Crippen molar-refractivity contribution in [3.63, 3.8) is 0 Å². The van der Waals surface area contributed by atoms with Crippen molar-refractivity contribution in [1.82, 2.24) is 4.98 Å². The van der Waals surface area contributed by atoms with Gasteiger partial charge in [0.15, 0.2) is 17.1 Å².